The van der Waals surface area contributed by atoms with Crippen molar-refractivity contribution in [1.29, 1.82) is 0 Å². The molecule has 3 rings (SSSR count). The van der Waals surface area contributed by atoms with E-state index < -0.39 is 17.2 Å². The molecule has 0 unspecified atom stereocenters. The summed E-state index contributed by atoms with van der Waals surface area (Å²) in [5.74, 6) is 6.16. The number of nitrogens with two attached hydrogens (primary N) is 1. The number of carbonyl (C=O) groups is 2. The maximum absolute atomic E-state index is 12.7. The summed E-state index contributed by atoms with van der Waals surface area (Å²) in [6, 6.07) is 16.0. The first-order valence-corrected chi connectivity index (χ1v) is 9.88. The molecule has 0 fully saturated rings. The first-order chi connectivity index (χ1) is 13.5. The number of rotatable bonds is 5. The lowest BCUT2D eigenvalue weighted by molar-refractivity contribution is -0.119. The number of imide groups is 1. The number of aromatic nitrogens is 3. The van der Waals surface area contributed by atoms with Gasteiger partial charge in [0.15, 0.2) is 5.82 Å². The largest absolute Gasteiger partial charge is 0.341 e. The average molecular weight is 461 g/mol. The summed E-state index contributed by atoms with van der Waals surface area (Å²) in [6.45, 7) is 0. The number of nitrogens with one attached hydrogen (secondary N) is 2. The van der Waals surface area contributed by atoms with E-state index in [1.807, 2.05) is 42.5 Å². The van der Waals surface area contributed by atoms with Crippen LogP contribution in [0.5, 0.6) is 0 Å². The fourth-order valence-corrected chi connectivity index (χ4v) is 3.85. The van der Waals surface area contributed by atoms with Crippen molar-refractivity contribution < 1.29 is 9.59 Å². The quantitative estimate of drug-likeness (QED) is 0.398. The molecule has 144 valence electrons. The fourth-order valence-electron chi connectivity index (χ4n) is 2.43. The number of halogens is 1. The van der Waals surface area contributed by atoms with Gasteiger partial charge in [-0.15, -0.1) is 10.2 Å². The Morgan fingerprint density at radius 3 is 2.46 bits per heavy atom. The molecule has 0 aliphatic rings. The number of benzene rings is 2. The van der Waals surface area contributed by atoms with Gasteiger partial charge >= 0.3 is 6.03 Å². The zero-order chi connectivity index (χ0) is 20.1. The Hall–Kier alpha value is -2.85. The smallest absolute Gasteiger partial charge is 0.321 e. The minimum absolute atomic E-state index is 0.340. The maximum Gasteiger partial charge on any atom is 0.321 e. The zero-order valence-corrected chi connectivity index (χ0v) is 17.2. The Bertz CT molecular complexity index is 995. The Kier molecular flexibility index (Phi) is 6.32. The van der Waals surface area contributed by atoms with Gasteiger partial charge < -0.3 is 11.2 Å². The van der Waals surface area contributed by atoms with Crippen LogP contribution >= 0.6 is 27.7 Å². The molecule has 8 nitrogen and oxygen atoms in total. The van der Waals surface area contributed by atoms with Crippen LogP contribution in [-0.4, -0.2) is 33.9 Å². The van der Waals surface area contributed by atoms with Crippen LogP contribution in [0, 0.1) is 0 Å². The van der Waals surface area contributed by atoms with E-state index >= 15 is 0 Å². The van der Waals surface area contributed by atoms with E-state index in [2.05, 4.69) is 36.8 Å². The summed E-state index contributed by atoms with van der Waals surface area (Å²) < 4.78 is 2.15. The Labute approximate surface area is 174 Å². The summed E-state index contributed by atoms with van der Waals surface area (Å²) >= 11 is 4.58. The van der Waals surface area contributed by atoms with Gasteiger partial charge in [0, 0.05) is 17.1 Å². The van der Waals surface area contributed by atoms with E-state index in [1.54, 1.807) is 12.1 Å². The molecule has 1 atom stereocenters. The second kappa shape index (κ2) is 8.89. The monoisotopic (exact) mass is 460 g/mol. The van der Waals surface area contributed by atoms with E-state index in [1.165, 1.54) is 11.7 Å². The molecule has 2 aromatic carbocycles. The van der Waals surface area contributed by atoms with Crippen LogP contribution in [0.2, 0.25) is 0 Å². The van der Waals surface area contributed by atoms with Gasteiger partial charge in [-0.3, -0.25) is 10.1 Å². The minimum atomic E-state index is -0.739. The van der Waals surface area contributed by atoms with Crippen molar-refractivity contribution in [2.24, 2.45) is 0 Å². The molecule has 0 radical (unpaired) electrons. The summed E-state index contributed by atoms with van der Waals surface area (Å²) in [4.78, 5) is 24.2. The summed E-state index contributed by atoms with van der Waals surface area (Å²) in [5, 5.41) is 12.6. The Morgan fingerprint density at radius 2 is 1.79 bits per heavy atom. The lowest BCUT2D eigenvalue weighted by Crippen LogP contribution is -2.39. The van der Waals surface area contributed by atoms with E-state index in [-0.39, 0.29) is 0 Å². The number of carbonyl (C=O) groups excluding carboxylic acids is 2. The van der Waals surface area contributed by atoms with Gasteiger partial charge in [-0.1, -0.05) is 70.2 Å². The molecule has 4 N–H and O–H groups in total. The molecule has 0 bridgehead atoms. The summed E-state index contributed by atoms with van der Waals surface area (Å²) in [6.07, 6.45) is 0. The molecule has 10 heteroatoms. The lowest BCUT2D eigenvalue weighted by atomic mass is 10.1. The van der Waals surface area contributed by atoms with Crippen molar-refractivity contribution in [3.8, 4) is 11.4 Å². The molecule has 3 amide bonds. The van der Waals surface area contributed by atoms with Crippen LogP contribution in [0.25, 0.3) is 11.4 Å². The van der Waals surface area contributed by atoms with Gasteiger partial charge in [-0.25, -0.2) is 9.47 Å². The van der Waals surface area contributed by atoms with Crippen LogP contribution in [0.4, 0.5) is 4.79 Å². The van der Waals surface area contributed by atoms with Gasteiger partial charge in [-0.2, -0.15) is 0 Å². The molecule has 0 saturated heterocycles. The summed E-state index contributed by atoms with van der Waals surface area (Å²) in [5.41, 5.74) is 1.48. The third-order valence-corrected chi connectivity index (χ3v) is 5.71. The lowest BCUT2D eigenvalue weighted by Gasteiger charge is -2.15. The molecular weight excluding hydrogens is 444 g/mol. The number of hydrogen-bond acceptors (Lipinski definition) is 6. The number of hydrogen-bond donors (Lipinski definition) is 3. The number of nitrogens with zero attached hydrogens (tertiary/aromatic N) is 3. The second-order valence-electron chi connectivity index (χ2n) is 5.63. The highest BCUT2D eigenvalue weighted by Crippen LogP contribution is 2.36. The van der Waals surface area contributed by atoms with Gasteiger partial charge in [-0.05, 0) is 17.7 Å². The number of thioether (sulfide) groups is 1. The van der Waals surface area contributed by atoms with Crippen molar-refractivity contribution in [2.45, 2.75) is 10.4 Å². The highest BCUT2D eigenvalue weighted by Gasteiger charge is 2.27. The predicted molar refractivity (Wildman–Crippen MR) is 111 cm³/mol. The third kappa shape index (κ3) is 4.34. The topological polar surface area (TPSA) is 115 Å². The van der Waals surface area contributed by atoms with Crippen LogP contribution in [-0.2, 0) is 4.79 Å². The van der Waals surface area contributed by atoms with Crippen molar-refractivity contribution in [3.63, 3.8) is 0 Å². The fraction of sp³-hybridized carbons (Fsp3) is 0.111. The SMILES string of the molecule is CNC(=O)NC(=O)[C@H](Sc1nnc(-c2ccccc2Br)n1N)c1ccccc1. The molecular formula is C18H17BrN6O2S. The molecule has 3 aromatic rings. The first kappa shape index (κ1) is 19.9. The number of amides is 3. The van der Waals surface area contributed by atoms with Crippen molar-refractivity contribution >= 4 is 39.6 Å². The van der Waals surface area contributed by atoms with Crippen LogP contribution < -0.4 is 16.5 Å². The van der Waals surface area contributed by atoms with Crippen molar-refractivity contribution in [2.75, 3.05) is 12.9 Å². The van der Waals surface area contributed by atoms with Crippen molar-refractivity contribution in [1.82, 2.24) is 25.5 Å². The zero-order valence-electron chi connectivity index (χ0n) is 14.8. The summed E-state index contributed by atoms with van der Waals surface area (Å²) in [7, 11) is 1.44. The number of nitrogen functional groups attached to an aromatic ring is 1. The Morgan fingerprint density at radius 1 is 1.11 bits per heavy atom. The molecule has 0 saturated carbocycles. The van der Waals surface area contributed by atoms with E-state index in [0.29, 0.717) is 16.5 Å². The van der Waals surface area contributed by atoms with Gasteiger partial charge in [0.05, 0.1) is 0 Å². The van der Waals surface area contributed by atoms with Crippen molar-refractivity contribution in [3.05, 3.63) is 64.6 Å². The molecule has 28 heavy (non-hydrogen) atoms. The molecule has 0 spiro atoms. The van der Waals surface area contributed by atoms with Gasteiger partial charge in [0.25, 0.3) is 0 Å². The van der Waals surface area contributed by atoms with Gasteiger partial charge in [0.1, 0.15) is 5.25 Å². The molecule has 1 heterocycles. The highest BCUT2D eigenvalue weighted by molar-refractivity contribution is 9.10. The average Bonchev–Trinajstić information content (AvgIpc) is 3.07. The van der Waals surface area contributed by atoms with E-state index in [0.717, 1.165) is 21.8 Å². The minimum Gasteiger partial charge on any atom is -0.341 e. The van der Waals surface area contributed by atoms with Crippen LogP contribution in [0.1, 0.15) is 10.8 Å². The standard InChI is InChI=1S/C18H17BrN6O2S/c1-21-17(27)22-16(26)14(11-7-3-2-4-8-11)28-18-24-23-15(25(18)20)12-9-5-6-10-13(12)19/h2-10,14H,20H2,1H3,(H2,21,22,26,27)/t14-/m1/s1. The molecule has 0 aliphatic heterocycles. The molecule has 0 aliphatic carbocycles. The predicted octanol–water partition coefficient (Wildman–Crippen LogP) is 2.71. The Balaban J connectivity index is 1.92. The number of urea groups is 1. The third-order valence-electron chi connectivity index (χ3n) is 3.81. The van der Waals surface area contributed by atoms with Crippen LogP contribution in [0.15, 0.2) is 64.2 Å². The highest BCUT2D eigenvalue weighted by atomic mass is 79.9. The van der Waals surface area contributed by atoms with Gasteiger partial charge in [0.2, 0.25) is 11.1 Å². The first-order valence-electron chi connectivity index (χ1n) is 8.21. The van der Waals surface area contributed by atoms with Crippen LogP contribution in [0.3, 0.4) is 0 Å². The van der Waals surface area contributed by atoms with E-state index in [9.17, 15) is 9.59 Å². The normalized spacial score (nSPS) is 11.6. The van der Waals surface area contributed by atoms with E-state index in [4.69, 9.17) is 5.84 Å². The second-order valence-corrected chi connectivity index (χ2v) is 7.56. The molecule has 1 aromatic heterocycles. The maximum atomic E-state index is 12.7.